The summed E-state index contributed by atoms with van der Waals surface area (Å²) in [6.07, 6.45) is 0.542. The predicted octanol–water partition coefficient (Wildman–Crippen LogP) is 4.97. The summed E-state index contributed by atoms with van der Waals surface area (Å²) >= 11 is 0. The van der Waals surface area contributed by atoms with E-state index < -0.39 is 10.9 Å². The highest BCUT2D eigenvalue weighted by atomic mass is 32.2. The van der Waals surface area contributed by atoms with Gasteiger partial charge >= 0.3 is 5.97 Å². The largest absolute Gasteiger partial charge is 0.426 e. The minimum absolute atomic E-state index is 0.0709. The third-order valence-electron chi connectivity index (χ3n) is 5.89. The summed E-state index contributed by atoms with van der Waals surface area (Å²) in [7, 11) is -2.77. The molecule has 0 bridgehead atoms. The van der Waals surface area contributed by atoms with E-state index in [1.165, 1.54) is 11.2 Å². The minimum Gasteiger partial charge on any atom is -0.426 e. The Morgan fingerprint density at radius 2 is 1.38 bits per heavy atom. The smallest absolute Gasteiger partial charge is 0.308 e. The summed E-state index contributed by atoms with van der Waals surface area (Å²) < 4.78 is 31.4. The van der Waals surface area contributed by atoms with Crippen molar-refractivity contribution in [3.63, 3.8) is 0 Å². The Balaban J connectivity index is 1.59. The van der Waals surface area contributed by atoms with E-state index in [0.29, 0.717) is 25.3 Å². The number of nitrogens with zero attached hydrogens (tertiary/aromatic N) is 1. The molecule has 0 aromatic heterocycles. The molecule has 0 aliphatic rings. The Labute approximate surface area is 201 Å². The summed E-state index contributed by atoms with van der Waals surface area (Å²) in [6, 6.07) is 31.3. The second kappa shape index (κ2) is 11.1. The van der Waals surface area contributed by atoms with Gasteiger partial charge in [0.2, 0.25) is 10.9 Å². The number of benzene rings is 4. The number of ether oxygens (including phenoxy) is 1. The molecule has 0 aliphatic heterocycles. The van der Waals surface area contributed by atoms with Gasteiger partial charge in [-0.1, -0.05) is 91.0 Å². The van der Waals surface area contributed by atoms with Crippen LogP contribution in [0.4, 0.5) is 0 Å². The van der Waals surface area contributed by atoms with E-state index in [0.717, 1.165) is 27.5 Å². The van der Waals surface area contributed by atoms with E-state index in [-0.39, 0.29) is 11.9 Å². The van der Waals surface area contributed by atoms with Gasteiger partial charge in [-0.3, -0.25) is 4.79 Å². The summed E-state index contributed by atoms with van der Waals surface area (Å²) in [4.78, 5) is 11.5. The summed E-state index contributed by atoms with van der Waals surface area (Å²) in [5.41, 5.74) is 3.16. The van der Waals surface area contributed by atoms with Crippen LogP contribution in [-0.4, -0.2) is 31.8 Å². The van der Waals surface area contributed by atoms with Gasteiger partial charge in [0.05, 0.1) is 0 Å². The van der Waals surface area contributed by atoms with Crippen LogP contribution in [0.2, 0.25) is 0 Å². The third-order valence-corrected chi connectivity index (χ3v) is 6.72. The SMILES string of the molecule is CC(=O)Oc1cccc2c(CCN(CC(c3ccccc3)c3ccccc3)[SH](=O)=O)cccc12. The van der Waals surface area contributed by atoms with Gasteiger partial charge in [-0.05, 0) is 34.6 Å². The number of hydrogen-bond donors (Lipinski definition) is 1. The first-order chi connectivity index (χ1) is 16.5. The van der Waals surface area contributed by atoms with Gasteiger partial charge in [-0.15, -0.1) is 0 Å². The highest BCUT2D eigenvalue weighted by Crippen LogP contribution is 2.29. The molecule has 4 aromatic rings. The summed E-state index contributed by atoms with van der Waals surface area (Å²) in [6.45, 7) is 2.09. The number of carbonyl (C=O) groups is 1. The van der Waals surface area contributed by atoms with Gasteiger partial charge in [0, 0.05) is 31.3 Å². The van der Waals surface area contributed by atoms with Gasteiger partial charge in [0.15, 0.2) is 0 Å². The van der Waals surface area contributed by atoms with Gasteiger partial charge in [0.25, 0.3) is 0 Å². The molecule has 0 saturated heterocycles. The first-order valence-corrected chi connectivity index (χ1v) is 12.3. The van der Waals surface area contributed by atoms with Crippen LogP contribution in [0.25, 0.3) is 10.8 Å². The van der Waals surface area contributed by atoms with Crippen LogP contribution in [0.5, 0.6) is 5.75 Å². The van der Waals surface area contributed by atoms with E-state index in [1.54, 1.807) is 6.07 Å². The molecule has 0 radical (unpaired) electrons. The zero-order valence-corrected chi connectivity index (χ0v) is 19.9. The fourth-order valence-electron chi connectivity index (χ4n) is 4.28. The average molecular weight is 474 g/mol. The van der Waals surface area contributed by atoms with E-state index in [2.05, 4.69) is 0 Å². The van der Waals surface area contributed by atoms with E-state index >= 15 is 0 Å². The van der Waals surface area contributed by atoms with Crippen LogP contribution >= 0.6 is 0 Å². The maximum Gasteiger partial charge on any atom is 0.308 e. The molecule has 0 heterocycles. The van der Waals surface area contributed by atoms with Crippen molar-refractivity contribution in [2.24, 2.45) is 0 Å². The maximum absolute atomic E-state index is 12.3. The number of rotatable bonds is 9. The van der Waals surface area contributed by atoms with Gasteiger partial charge in [-0.25, -0.2) is 12.7 Å². The molecule has 6 heteroatoms. The molecule has 0 fully saturated rings. The average Bonchev–Trinajstić information content (AvgIpc) is 2.85. The monoisotopic (exact) mass is 473 g/mol. The lowest BCUT2D eigenvalue weighted by molar-refractivity contribution is -0.131. The Hall–Kier alpha value is -3.48. The van der Waals surface area contributed by atoms with Crippen LogP contribution in [0.3, 0.4) is 0 Å². The molecule has 5 nitrogen and oxygen atoms in total. The third kappa shape index (κ3) is 5.71. The van der Waals surface area contributed by atoms with Crippen molar-refractivity contribution in [1.29, 1.82) is 0 Å². The van der Waals surface area contributed by atoms with Crippen molar-refractivity contribution in [3.05, 3.63) is 114 Å². The normalized spacial score (nSPS) is 11.4. The predicted molar refractivity (Wildman–Crippen MR) is 136 cm³/mol. The van der Waals surface area contributed by atoms with Crippen LogP contribution in [-0.2, 0) is 22.1 Å². The van der Waals surface area contributed by atoms with E-state index in [1.807, 2.05) is 91.0 Å². The highest BCUT2D eigenvalue weighted by Gasteiger charge is 2.20. The Morgan fingerprint density at radius 1 is 0.794 bits per heavy atom. The Bertz CT molecular complexity index is 1290. The molecule has 4 rings (SSSR count). The van der Waals surface area contributed by atoms with Crippen LogP contribution in [0.1, 0.15) is 29.5 Å². The second-order valence-corrected chi connectivity index (χ2v) is 9.18. The van der Waals surface area contributed by atoms with Gasteiger partial charge in [-0.2, -0.15) is 0 Å². The molecule has 0 aliphatic carbocycles. The van der Waals surface area contributed by atoms with Gasteiger partial charge in [0.1, 0.15) is 5.75 Å². The van der Waals surface area contributed by atoms with Crippen molar-refractivity contribution in [3.8, 4) is 5.75 Å². The standard InChI is InChI=1S/C28H27NO4S/c1-21(30)33-28-17-9-15-25-24(14-8-16-26(25)28)18-19-29(34(31)32)20-27(22-10-4-2-5-11-22)23-12-6-3-7-13-23/h2-17,27,34H,18-20H2,1H3. The quantitative estimate of drug-likeness (QED) is 0.212. The Kier molecular flexibility index (Phi) is 7.72. The molecule has 0 N–H and O–H groups in total. The second-order valence-electron chi connectivity index (χ2n) is 8.14. The highest BCUT2D eigenvalue weighted by molar-refractivity contribution is 7.69. The molecule has 4 aromatic carbocycles. The Morgan fingerprint density at radius 3 is 1.97 bits per heavy atom. The van der Waals surface area contributed by atoms with E-state index in [9.17, 15) is 13.2 Å². The van der Waals surface area contributed by atoms with Crippen molar-refractivity contribution < 1.29 is 17.9 Å². The molecule has 174 valence electrons. The lowest BCUT2D eigenvalue weighted by atomic mass is 9.91. The molecular weight excluding hydrogens is 446 g/mol. The number of carbonyl (C=O) groups excluding carboxylic acids is 1. The van der Waals surface area contributed by atoms with Crippen molar-refractivity contribution in [2.75, 3.05) is 13.1 Å². The van der Waals surface area contributed by atoms with Crippen molar-refractivity contribution in [1.82, 2.24) is 4.31 Å². The topological polar surface area (TPSA) is 63.7 Å². The fraction of sp³-hybridized carbons (Fsp3) is 0.179. The van der Waals surface area contributed by atoms with E-state index in [4.69, 9.17) is 4.74 Å². The molecule has 0 amide bonds. The lowest BCUT2D eigenvalue weighted by Gasteiger charge is -2.24. The number of thiol groups is 1. The number of esters is 1. The van der Waals surface area contributed by atoms with Crippen LogP contribution in [0, 0.1) is 0 Å². The van der Waals surface area contributed by atoms with Crippen LogP contribution in [0.15, 0.2) is 97.1 Å². The number of hydrogen-bond acceptors (Lipinski definition) is 4. The van der Waals surface area contributed by atoms with Crippen molar-refractivity contribution in [2.45, 2.75) is 19.3 Å². The lowest BCUT2D eigenvalue weighted by Crippen LogP contribution is -2.30. The van der Waals surface area contributed by atoms with Crippen molar-refractivity contribution >= 4 is 27.6 Å². The molecule has 0 unspecified atom stereocenters. The van der Waals surface area contributed by atoms with Gasteiger partial charge < -0.3 is 4.74 Å². The molecule has 0 saturated carbocycles. The first-order valence-electron chi connectivity index (χ1n) is 11.2. The minimum atomic E-state index is -2.77. The molecule has 0 spiro atoms. The molecule has 0 atom stereocenters. The summed E-state index contributed by atoms with van der Waals surface area (Å²) in [5, 5.41) is 1.78. The fourth-order valence-corrected chi connectivity index (χ4v) is 4.84. The molecule has 34 heavy (non-hydrogen) atoms. The first kappa shape index (κ1) is 23.7. The molecular formula is C28H27NO4S. The maximum atomic E-state index is 12.3. The number of fused-ring (bicyclic) bond motifs is 1. The zero-order valence-electron chi connectivity index (χ0n) is 19.0. The zero-order chi connectivity index (χ0) is 23.9. The summed E-state index contributed by atoms with van der Waals surface area (Å²) in [5.74, 6) is 0.0607. The van der Waals surface area contributed by atoms with Crippen LogP contribution < -0.4 is 4.74 Å².